The average Bonchev–Trinajstić information content (AvgIpc) is 2.76. The summed E-state index contributed by atoms with van der Waals surface area (Å²) in [5.41, 5.74) is 7.10. The van der Waals surface area contributed by atoms with E-state index in [2.05, 4.69) is 10.1 Å². The summed E-state index contributed by atoms with van der Waals surface area (Å²) >= 11 is 0. The van der Waals surface area contributed by atoms with Gasteiger partial charge in [-0.3, -0.25) is 9.69 Å². The van der Waals surface area contributed by atoms with Crippen LogP contribution in [0.15, 0.2) is 33.7 Å². The van der Waals surface area contributed by atoms with Gasteiger partial charge in [0, 0.05) is 43.7 Å². The van der Waals surface area contributed by atoms with Crippen molar-refractivity contribution in [2.75, 3.05) is 19.3 Å². The van der Waals surface area contributed by atoms with Gasteiger partial charge in [0.25, 0.3) is 5.56 Å². The molecule has 19 heavy (non-hydrogen) atoms. The Morgan fingerprint density at radius 3 is 2.95 bits per heavy atom. The third-order valence-corrected chi connectivity index (χ3v) is 2.84. The van der Waals surface area contributed by atoms with Gasteiger partial charge in [-0.15, -0.1) is 0 Å². The number of aryl methyl sites for hydroxylation is 1. The van der Waals surface area contributed by atoms with Gasteiger partial charge in [-0.2, -0.15) is 0 Å². The Kier molecular flexibility index (Phi) is 4.01. The molecule has 0 saturated carbocycles. The third-order valence-electron chi connectivity index (χ3n) is 2.84. The molecule has 2 aromatic heterocycles. The lowest BCUT2D eigenvalue weighted by atomic mass is 10.3. The van der Waals surface area contributed by atoms with E-state index in [1.807, 2.05) is 20.0 Å². The number of nitrogen functional groups attached to an aromatic ring is 1. The van der Waals surface area contributed by atoms with E-state index >= 15 is 0 Å². The Hall–Kier alpha value is -2.08. The first-order valence-corrected chi connectivity index (χ1v) is 6.11. The fourth-order valence-corrected chi connectivity index (χ4v) is 1.85. The maximum Gasteiger partial charge on any atom is 0.250 e. The zero-order valence-electron chi connectivity index (χ0n) is 11.2. The van der Waals surface area contributed by atoms with Crippen LogP contribution >= 0.6 is 0 Å². The Morgan fingerprint density at radius 2 is 2.26 bits per heavy atom. The van der Waals surface area contributed by atoms with E-state index in [0.717, 1.165) is 18.0 Å². The second-order valence-electron chi connectivity index (χ2n) is 4.66. The van der Waals surface area contributed by atoms with Gasteiger partial charge in [-0.1, -0.05) is 5.16 Å². The first-order valence-electron chi connectivity index (χ1n) is 6.11. The molecule has 2 N–H and O–H groups in total. The van der Waals surface area contributed by atoms with Crippen molar-refractivity contribution in [3.63, 3.8) is 0 Å². The van der Waals surface area contributed by atoms with Gasteiger partial charge < -0.3 is 14.8 Å². The van der Waals surface area contributed by atoms with Crippen molar-refractivity contribution in [3.8, 4) is 0 Å². The van der Waals surface area contributed by atoms with Crippen molar-refractivity contribution in [3.05, 3.63) is 46.2 Å². The Labute approximate surface area is 111 Å². The molecule has 0 bridgehead atoms. The Bertz CT molecular complexity index is 603. The van der Waals surface area contributed by atoms with E-state index in [-0.39, 0.29) is 5.56 Å². The molecule has 6 heteroatoms. The van der Waals surface area contributed by atoms with Gasteiger partial charge >= 0.3 is 0 Å². The largest absolute Gasteiger partial charge is 0.398 e. The van der Waals surface area contributed by atoms with Crippen molar-refractivity contribution in [1.29, 1.82) is 0 Å². The van der Waals surface area contributed by atoms with E-state index in [0.29, 0.717) is 18.8 Å². The van der Waals surface area contributed by atoms with Crippen LogP contribution in [-0.2, 0) is 13.1 Å². The lowest BCUT2D eigenvalue weighted by Crippen LogP contribution is -2.28. The maximum atomic E-state index is 11.6. The highest BCUT2D eigenvalue weighted by Crippen LogP contribution is 2.04. The monoisotopic (exact) mass is 262 g/mol. The molecule has 0 amide bonds. The van der Waals surface area contributed by atoms with Crippen LogP contribution in [0.3, 0.4) is 0 Å². The molecule has 2 aromatic rings. The van der Waals surface area contributed by atoms with Gasteiger partial charge in [0.05, 0.1) is 5.69 Å². The second-order valence-corrected chi connectivity index (χ2v) is 4.66. The third kappa shape index (κ3) is 3.69. The average molecular weight is 262 g/mol. The van der Waals surface area contributed by atoms with Crippen LogP contribution in [0.25, 0.3) is 0 Å². The van der Waals surface area contributed by atoms with Crippen LogP contribution in [0.4, 0.5) is 5.69 Å². The summed E-state index contributed by atoms with van der Waals surface area (Å²) in [6, 6.07) is 5.00. The molecule has 0 spiro atoms. The summed E-state index contributed by atoms with van der Waals surface area (Å²) in [7, 11) is 1.97. The van der Waals surface area contributed by atoms with Crippen LogP contribution in [0, 0.1) is 6.92 Å². The number of likely N-dealkylation sites (N-methyl/N-ethyl adjacent to an activating group) is 1. The van der Waals surface area contributed by atoms with Crippen molar-refractivity contribution in [2.45, 2.75) is 20.0 Å². The normalized spacial score (nSPS) is 11.1. The standard InChI is InChI=1S/C13H18N4O2/c1-10-7-12(15-19-10)9-16(2)5-6-17-8-11(14)3-4-13(17)18/h3-4,7-8H,5-6,9,14H2,1-2H3. The Morgan fingerprint density at radius 1 is 1.47 bits per heavy atom. The van der Waals surface area contributed by atoms with E-state index in [1.165, 1.54) is 6.07 Å². The molecular formula is C13H18N4O2. The summed E-state index contributed by atoms with van der Waals surface area (Å²) in [6.45, 7) is 3.88. The minimum absolute atomic E-state index is 0.0418. The smallest absolute Gasteiger partial charge is 0.250 e. The molecule has 2 heterocycles. The van der Waals surface area contributed by atoms with E-state index in [1.54, 1.807) is 16.8 Å². The molecule has 6 nitrogen and oxygen atoms in total. The predicted molar refractivity (Wildman–Crippen MR) is 72.7 cm³/mol. The number of rotatable bonds is 5. The van der Waals surface area contributed by atoms with Gasteiger partial charge in [0.2, 0.25) is 0 Å². The number of nitrogens with two attached hydrogens (primary N) is 1. The Balaban J connectivity index is 1.91. The van der Waals surface area contributed by atoms with Crippen molar-refractivity contribution in [2.24, 2.45) is 0 Å². The summed E-state index contributed by atoms with van der Waals surface area (Å²) in [5, 5.41) is 3.94. The van der Waals surface area contributed by atoms with Gasteiger partial charge in [0.15, 0.2) is 0 Å². The van der Waals surface area contributed by atoms with Gasteiger partial charge in [0.1, 0.15) is 5.76 Å². The molecule has 0 aromatic carbocycles. The highest BCUT2D eigenvalue weighted by molar-refractivity contribution is 5.33. The lowest BCUT2D eigenvalue weighted by molar-refractivity contribution is 0.295. The molecule has 0 radical (unpaired) electrons. The number of aromatic nitrogens is 2. The lowest BCUT2D eigenvalue weighted by Gasteiger charge is -2.15. The minimum atomic E-state index is -0.0418. The van der Waals surface area contributed by atoms with Crippen LogP contribution in [0.5, 0.6) is 0 Å². The summed E-state index contributed by atoms with van der Waals surface area (Å²) in [4.78, 5) is 13.7. The van der Waals surface area contributed by atoms with Crippen molar-refractivity contribution in [1.82, 2.24) is 14.6 Å². The van der Waals surface area contributed by atoms with Crippen molar-refractivity contribution < 1.29 is 4.52 Å². The van der Waals surface area contributed by atoms with Crippen LogP contribution in [0.2, 0.25) is 0 Å². The number of hydrogen-bond donors (Lipinski definition) is 1. The molecule has 102 valence electrons. The molecule has 0 aliphatic carbocycles. The topological polar surface area (TPSA) is 77.3 Å². The number of anilines is 1. The van der Waals surface area contributed by atoms with Crippen LogP contribution < -0.4 is 11.3 Å². The fraction of sp³-hybridized carbons (Fsp3) is 0.385. The van der Waals surface area contributed by atoms with Crippen molar-refractivity contribution >= 4 is 5.69 Å². The molecule has 0 saturated heterocycles. The van der Waals surface area contributed by atoms with Crippen LogP contribution in [-0.4, -0.2) is 28.2 Å². The van der Waals surface area contributed by atoms with E-state index in [9.17, 15) is 4.79 Å². The summed E-state index contributed by atoms with van der Waals surface area (Å²) in [6.07, 6.45) is 1.66. The summed E-state index contributed by atoms with van der Waals surface area (Å²) < 4.78 is 6.63. The molecule has 0 atom stereocenters. The first-order chi connectivity index (χ1) is 9.04. The zero-order chi connectivity index (χ0) is 13.8. The second kappa shape index (κ2) is 5.71. The molecule has 0 fully saturated rings. The summed E-state index contributed by atoms with van der Waals surface area (Å²) in [5.74, 6) is 0.801. The molecular weight excluding hydrogens is 244 g/mol. The van der Waals surface area contributed by atoms with Gasteiger partial charge in [-0.05, 0) is 20.0 Å². The molecule has 0 unspecified atom stereocenters. The minimum Gasteiger partial charge on any atom is -0.398 e. The zero-order valence-corrected chi connectivity index (χ0v) is 11.2. The van der Waals surface area contributed by atoms with Gasteiger partial charge in [-0.25, -0.2) is 0 Å². The maximum absolute atomic E-state index is 11.6. The first kappa shape index (κ1) is 13.4. The molecule has 0 aliphatic heterocycles. The quantitative estimate of drug-likeness (QED) is 0.864. The number of hydrogen-bond acceptors (Lipinski definition) is 5. The van der Waals surface area contributed by atoms with E-state index < -0.39 is 0 Å². The highest BCUT2D eigenvalue weighted by atomic mass is 16.5. The predicted octanol–water partition coefficient (Wildman–Crippen LogP) is 0.859. The van der Waals surface area contributed by atoms with E-state index in [4.69, 9.17) is 10.3 Å². The molecule has 0 aliphatic rings. The SMILES string of the molecule is Cc1cc(CN(C)CCn2cc(N)ccc2=O)no1. The fourth-order valence-electron chi connectivity index (χ4n) is 1.85. The highest BCUT2D eigenvalue weighted by Gasteiger charge is 2.05. The van der Waals surface area contributed by atoms with Crippen LogP contribution in [0.1, 0.15) is 11.5 Å². The molecule has 2 rings (SSSR count). The number of nitrogens with zero attached hydrogens (tertiary/aromatic N) is 3. The number of pyridine rings is 1.